The highest BCUT2D eigenvalue weighted by Crippen LogP contribution is 2.40. The van der Waals surface area contributed by atoms with Crippen molar-refractivity contribution in [2.45, 2.75) is 51.0 Å². The molecule has 1 amide bonds. The van der Waals surface area contributed by atoms with E-state index in [2.05, 4.69) is 16.0 Å². The van der Waals surface area contributed by atoms with E-state index in [-0.39, 0.29) is 17.0 Å². The number of aromatic amines is 1. The van der Waals surface area contributed by atoms with Crippen molar-refractivity contribution in [1.29, 1.82) is 0 Å². The molecule has 0 atom stereocenters. The Labute approximate surface area is 159 Å². The van der Waals surface area contributed by atoms with Gasteiger partial charge in [-0.25, -0.2) is 0 Å². The SMILES string of the molecule is O=C(c1cc2c([nH]c1=O)CCCCC2)N1CCN(C2CC2)c2ccccc21. The highest BCUT2D eigenvalue weighted by molar-refractivity contribution is 6.08. The first kappa shape index (κ1) is 16.6. The summed E-state index contributed by atoms with van der Waals surface area (Å²) in [6.45, 7) is 1.46. The number of rotatable bonds is 2. The molecule has 2 heterocycles. The second kappa shape index (κ2) is 6.55. The van der Waals surface area contributed by atoms with E-state index in [9.17, 15) is 9.59 Å². The molecule has 5 heteroatoms. The minimum atomic E-state index is -0.247. The van der Waals surface area contributed by atoms with Gasteiger partial charge in [-0.15, -0.1) is 0 Å². The monoisotopic (exact) mass is 363 g/mol. The van der Waals surface area contributed by atoms with Crippen LogP contribution in [0.3, 0.4) is 0 Å². The number of fused-ring (bicyclic) bond motifs is 2. The number of H-pyrrole nitrogens is 1. The molecule has 0 unspecified atom stereocenters. The third kappa shape index (κ3) is 2.95. The molecule has 1 saturated carbocycles. The van der Waals surface area contributed by atoms with Crippen LogP contribution in [0.15, 0.2) is 35.1 Å². The number of nitrogens with one attached hydrogen (secondary N) is 1. The molecule has 2 aliphatic carbocycles. The molecule has 1 aromatic heterocycles. The van der Waals surface area contributed by atoms with Crippen LogP contribution >= 0.6 is 0 Å². The Kier molecular flexibility index (Phi) is 4.03. The molecular weight excluding hydrogens is 338 g/mol. The number of amides is 1. The molecule has 1 aromatic carbocycles. The van der Waals surface area contributed by atoms with Gasteiger partial charge in [0, 0.05) is 24.8 Å². The van der Waals surface area contributed by atoms with E-state index in [1.54, 1.807) is 4.90 Å². The minimum Gasteiger partial charge on any atom is -0.365 e. The standard InChI is InChI=1S/C22H25N3O2/c26-21-17(14-15-6-2-1-3-7-18(15)23-21)22(27)25-13-12-24(16-10-11-16)19-8-4-5-9-20(19)25/h4-5,8-9,14,16H,1-3,6-7,10-13H2,(H,23,26). The number of pyridine rings is 1. The van der Waals surface area contributed by atoms with Gasteiger partial charge in [0.15, 0.2) is 0 Å². The Hall–Kier alpha value is -2.56. The summed E-state index contributed by atoms with van der Waals surface area (Å²) < 4.78 is 0. The number of hydrogen-bond donors (Lipinski definition) is 1. The number of nitrogens with zero attached hydrogens (tertiary/aromatic N) is 2. The highest BCUT2D eigenvalue weighted by atomic mass is 16.2. The summed E-state index contributed by atoms with van der Waals surface area (Å²) in [5.41, 5.74) is 4.24. The van der Waals surface area contributed by atoms with E-state index in [1.165, 1.54) is 19.3 Å². The molecule has 0 bridgehead atoms. The zero-order valence-corrected chi connectivity index (χ0v) is 15.5. The van der Waals surface area contributed by atoms with Gasteiger partial charge in [0.1, 0.15) is 5.56 Å². The number of anilines is 2. The smallest absolute Gasteiger partial charge is 0.264 e. The van der Waals surface area contributed by atoms with Crippen LogP contribution in [0.1, 0.15) is 53.7 Å². The molecule has 1 N–H and O–H groups in total. The minimum absolute atomic E-state index is 0.175. The Balaban J connectivity index is 1.52. The molecule has 27 heavy (non-hydrogen) atoms. The molecule has 5 nitrogen and oxygen atoms in total. The molecule has 3 aliphatic rings. The largest absolute Gasteiger partial charge is 0.365 e. The van der Waals surface area contributed by atoms with Crippen molar-refractivity contribution in [3.63, 3.8) is 0 Å². The number of benzene rings is 1. The maximum atomic E-state index is 13.3. The summed E-state index contributed by atoms with van der Waals surface area (Å²) in [6.07, 6.45) is 7.71. The van der Waals surface area contributed by atoms with Crippen LogP contribution in [0.5, 0.6) is 0 Å². The first-order valence-corrected chi connectivity index (χ1v) is 10.1. The van der Waals surface area contributed by atoms with Gasteiger partial charge in [-0.2, -0.15) is 0 Å². The quantitative estimate of drug-likeness (QED) is 0.833. The van der Waals surface area contributed by atoms with Gasteiger partial charge in [-0.3, -0.25) is 9.59 Å². The summed E-state index contributed by atoms with van der Waals surface area (Å²) >= 11 is 0. The second-order valence-electron chi connectivity index (χ2n) is 7.95. The summed E-state index contributed by atoms with van der Waals surface area (Å²) in [7, 11) is 0. The fourth-order valence-electron chi connectivity index (χ4n) is 4.52. The van der Waals surface area contributed by atoms with Crippen molar-refractivity contribution in [2.24, 2.45) is 0 Å². The average molecular weight is 363 g/mol. The Morgan fingerprint density at radius 2 is 1.78 bits per heavy atom. The predicted molar refractivity (Wildman–Crippen MR) is 107 cm³/mol. The maximum Gasteiger partial charge on any atom is 0.264 e. The van der Waals surface area contributed by atoms with Gasteiger partial charge in [0.25, 0.3) is 11.5 Å². The first-order valence-electron chi connectivity index (χ1n) is 10.1. The molecule has 140 valence electrons. The van der Waals surface area contributed by atoms with Crippen molar-refractivity contribution in [3.05, 3.63) is 57.5 Å². The number of hydrogen-bond acceptors (Lipinski definition) is 3. The highest BCUT2D eigenvalue weighted by Gasteiger charge is 2.36. The zero-order valence-electron chi connectivity index (χ0n) is 15.5. The van der Waals surface area contributed by atoms with Crippen molar-refractivity contribution in [1.82, 2.24) is 4.98 Å². The number of para-hydroxylation sites is 2. The topological polar surface area (TPSA) is 56.4 Å². The van der Waals surface area contributed by atoms with E-state index in [0.717, 1.165) is 54.9 Å². The molecule has 0 spiro atoms. The molecule has 5 rings (SSSR count). The Morgan fingerprint density at radius 1 is 1.00 bits per heavy atom. The maximum absolute atomic E-state index is 13.3. The summed E-state index contributed by atoms with van der Waals surface area (Å²) in [6, 6.07) is 10.6. The van der Waals surface area contributed by atoms with Crippen molar-refractivity contribution >= 4 is 17.3 Å². The number of carbonyl (C=O) groups excluding carboxylic acids is 1. The van der Waals surface area contributed by atoms with Gasteiger partial charge in [0.2, 0.25) is 0 Å². The summed E-state index contributed by atoms with van der Waals surface area (Å²) in [5.74, 6) is -0.175. The lowest BCUT2D eigenvalue weighted by Crippen LogP contribution is -2.46. The van der Waals surface area contributed by atoms with Crippen LogP contribution in [-0.4, -0.2) is 30.0 Å². The lowest BCUT2D eigenvalue weighted by Gasteiger charge is -2.38. The fraction of sp³-hybridized carbons (Fsp3) is 0.455. The third-order valence-corrected chi connectivity index (χ3v) is 6.10. The van der Waals surface area contributed by atoms with Crippen molar-refractivity contribution in [3.8, 4) is 0 Å². The van der Waals surface area contributed by atoms with E-state index in [1.807, 2.05) is 24.3 Å². The van der Waals surface area contributed by atoms with E-state index >= 15 is 0 Å². The number of aryl methyl sites for hydroxylation is 2. The summed E-state index contributed by atoms with van der Waals surface area (Å²) in [5, 5.41) is 0. The molecule has 1 fully saturated rings. The van der Waals surface area contributed by atoms with Gasteiger partial charge in [0.05, 0.1) is 11.4 Å². The van der Waals surface area contributed by atoms with Gasteiger partial charge in [-0.1, -0.05) is 18.6 Å². The van der Waals surface area contributed by atoms with Gasteiger partial charge in [-0.05, 0) is 62.3 Å². The van der Waals surface area contributed by atoms with Crippen LogP contribution in [0.2, 0.25) is 0 Å². The first-order chi connectivity index (χ1) is 13.2. The lowest BCUT2D eigenvalue weighted by atomic mass is 10.0. The average Bonchev–Trinajstić information content (AvgIpc) is 3.53. The van der Waals surface area contributed by atoms with E-state index < -0.39 is 0 Å². The van der Waals surface area contributed by atoms with Crippen LogP contribution in [0.25, 0.3) is 0 Å². The van der Waals surface area contributed by atoms with E-state index in [0.29, 0.717) is 12.6 Å². The normalized spacial score (nSPS) is 19.3. The summed E-state index contributed by atoms with van der Waals surface area (Å²) in [4.78, 5) is 33.2. The zero-order chi connectivity index (χ0) is 18.4. The third-order valence-electron chi connectivity index (χ3n) is 6.10. The van der Waals surface area contributed by atoms with Gasteiger partial charge >= 0.3 is 0 Å². The molecule has 0 saturated heterocycles. The van der Waals surface area contributed by atoms with Crippen molar-refractivity contribution in [2.75, 3.05) is 22.9 Å². The molecule has 1 aliphatic heterocycles. The van der Waals surface area contributed by atoms with Crippen LogP contribution in [0, 0.1) is 0 Å². The van der Waals surface area contributed by atoms with E-state index in [4.69, 9.17) is 0 Å². The van der Waals surface area contributed by atoms with Crippen LogP contribution in [-0.2, 0) is 12.8 Å². The van der Waals surface area contributed by atoms with Crippen LogP contribution < -0.4 is 15.4 Å². The number of aromatic nitrogens is 1. The number of carbonyl (C=O) groups is 1. The van der Waals surface area contributed by atoms with Crippen LogP contribution in [0.4, 0.5) is 11.4 Å². The second-order valence-corrected chi connectivity index (χ2v) is 7.95. The van der Waals surface area contributed by atoms with Gasteiger partial charge < -0.3 is 14.8 Å². The Morgan fingerprint density at radius 3 is 2.59 bits per heavy atom. The van der Waals surface area contributed by atoms with Crippen molar-refractivity contribution < 1.29 is 4.79 Å². The fourth-order valence-corrected chi connectivity index (χ4v) is 4.52. The predicted octanol–water partition coefficient (Wildman–Crippen LogP) is 3.27. The molecule has 0 radical (unpaired) electrons. The lowest BCUT2D eigenvalue weighted by molar-refractivity contribution is 0.0985. The Bertz CT molecular complexity index is 945. The molecule has 2 aromatic rings. The molecular formula is C22H25N3O2.